The molecule has 4 aromatic carbocycles. The molecule has 1 aromatic heterocycles. The number of rotatable bonds is 4. The lowest BCUT2D eigenvalue weighted by atomic mass is 10.0. The van der Waals surface area contributed by atoms with Crippen molar-refractivity contribution in [3.8, 4) is 22.6 Å². The van der Waals surface area contributed by atoms with E-state index in [2.05, 4.69) is 15.6 Å². The van der Waals surface area contributed by atoms with Gasteiger partial charge < -0.3 is 9.73 Å². The number of nitrogens with zero attached hydrogens (tertiary/aromatic N) is 1. The highest BCUT2D eigenvalue weighted by molar-refractivity contribution is 7.80. The van der Waals surface area contributed by atoms with E-state index in [9.17, 15) is 13.6 Å². The van der Waals surface area contributed by atoms with Crippen LogP contribution in [-0.2, 0) is 0 Å². The van der Waals surface area contributed by atoms with Crippen LogP contribution in [0.4, 0.5) is 14.5 Å². The summed E-state index contributed by atoms with van der Waals surface area (Å²) in [5.41, 5.74) is 4.02. The molecule has 0 aliphatic rings. The molecule has 0 fully saturated rings. The van der Waals surface area contributed by atoms with Gasteiger partial charge in [0.2, 0.25) is 5.89 Å². The molecule has 0 atom stereocenters. The van der Waals surface area contributed by atoms with Gasteiger partial charge in [-0.2, -0.15) is 0 Å². The SMILES string of the molecule is O=C(NC(=S)Nc1ccc2oc(-c3cc(F)c(F)cc3Cl)nc2c1)c1ccc(-c2ccccc2)cc1. The maximum atomic E-state index is 13.7. The number of carbonyl (C=O) groups is 1. The predicted octanol–water partition coefficient (Wildman–Crippen LogP) is 7.22. The molecular weight excluding hydrogens is 504 g/mol. The number of nitrogens with one attached hydrogen (secondary N) is 2. The summed E-state index contributed by atoms with van der Waals surface area (Å²) in [5, 5.41) is 5.64. The Kier molecular flexibility index (Phi) is 6.45. The first-order valence-corrected chi connectivity index (χ1v) is 11.5. The van der Waals surface area contributed by atoms with Crippen molar-refractivity contribution in [1.82, 2.24) is 10.3 Å². The quantitative estimate of drug-likeness (QED) is 0.194. The maximum Gasteiger partial charge on any atom is 0.257 e. The van der Waals surface area contributed by atoms with Gasteiger partial charge in [-0.25, -0.2) is 13.8 Å². The summed E-state index contributed by atoms with van der Waals surface area (Å²) < 4.78 is 32.7. The molecule has 0 bridgehead atoms. The van der Waals surface area contributed by atoms with E-state index in [1.165, 1.54) is 0 Å². The second-order valence-corrected chi connectivity index (χ2v) is 8.61. The molecule has 5 nitrogen and oxygen atoms in total. The monoisotopic (exact) mass is 519 g/mol. The molecule has 1 heterocycles. The van der Waals surface area contributed by atoms with Crippen LogP contribution in [0.5, 0.6) is 0 Å². The van der Waals surface area contributed by atoms with Crippen LogP contribution in [0.25, 0.3) is 33.7 Å². The summed E-state index contributed by atoms with van der Waals surface area (Å²) in [6.45, 7) is 0. The summed E-state index contributed by atoms with van der Waals surface area (Å²) in [4.78, 5) is 16.9. The molecule has 9 heteroatoms. The Morgan fingerprint density at radius 1 is 0.889 bits per heavy atom. The smallest absolute Gasteiger partial charge is 0.257 e. The molecule has 36 heavy (non-hydrogen) atoms. The van der Waals surface area contributed by atoms with E-state index < -0.39 is 11.6 Å². The van der Waals surface area contributed by atoms with Crippen molar-refractivity contribution in [2.45, 2.75) is 0 Å². The van der Waals surface area contributed by atoms with E-state index >= 15 is 0 Å². The first-order chi connectivity index (χ1) is 17.4. The third-order valence-corrected chi connectivity index (χ3v) is 5.88. The molecule has 0 spiro atoms. The minimum absolute atomic E-state index is 0.0282. The number of thiocarbonyl (C=S) groups is 1. The molecule has 0 aliphatic carbocycles. The molecule has 5 aromatic rings. The first kappa shape index (κ1) is 23.6. The van der Waals surface area contributed by atoms with E-state index in [-0.39, 0.29) is 27.5 Å². The number of halogens is 3. The second kappa shape index (κ2) is 9.85. The van der Waals surface area contributed by atoms with Gasteiger partial charge in [0, 0.05) is 11.3 Å². The highest BCUT2D eigenvalue weighted by atomic mass is 35.5. The van der Waals surface area contributed by atoms with Crippen LogP contribution < -0.4 is 10.6 Å². The highest BCUT2D eigenvalue weighted by Gasteiger charge is 2.16. The van der Waals surface area contributed by atoms with Gasteiger partial charge in [0.15, 0.2) is 22.3 Å². The normalized spacial score (nSPS) is 10.9. The fourth-order valence-corrected chi connectivity index (χ4v) is 4.03. The van der Waals surface area contributed by atoms with Crippen LogP contribution in [0.3, 0.4) is 0 Å². The third kappa shape index (κ3) is 4.95. The van der Waals surface area contributed by atoms with Crippen molar-refractivity contribution in [1.29, 1.82) is 0 Å². The largest absolute Gasteiger partial charge is 0.436 e. The van der Waals surface area contributed by atoms with Crippen LogP contribution in [-0.4, -0.2) is 16.0 Å². The average Bonchev–Trinajstić information content (AvgIpc) is 3.30. The highest BCUT2D eigenvalue weighted by Crippen LogP contribution is 2.32. The fraction of sp³-hybridized carbons (Fsp3) is 0. The van der Waals surface area contributed by atoms with Gasteiger partial charge in [-0.15, -0.1) is 0 Å². The lowest BCUT2D eigenvalue weighted by Gasteiger charge is -2.10. The van der Waals surface area contributed by atoms with Crippen LogP contribution in [0, 0.1) is 11.6 Å². The van der Waals surface area contributed by atoms with Crippen molar-refractivity contribution >= 4 is 51.6 Å². The van der Waals surface area contributed by atoms with Gasteiger partial charge in [0.1, 0.15) is 5.52 Å². The van der Waals surface area contributed by atoms with Crippen LogP contribution in [0.15, 0.2) is 89.3 Å². The van der Waals surface area contributed by atoms with Gasteiger partial charge in [0.05, 0.1) is 10.6 Å². The Labute approximate surface area is 214 Å². The number of carbonyl (C=O) groups excluding carboxylic acids is 1. The summed E-state index contributed by atoms with van der Waals surface area (Å²) in [7, 11) is 0. The Morgan fingerprint density at radius 3 is 2.33 bits per heavy atom. The van der Waals surface area contributed by atoms with Gasteiger partial charge in [-0.05, 0) is 65.8 Å². The standard InChI is InChI=1S/C27H16ClF2N3O2S/c28-20-14-22(30)21(29)13-19(20)26-32-23-12-18(10-11-24(23)35-26)31-27(36)33-25(34)17-8-6-16(7-9-17)15-4-2-1-3-5-15/h1-14H,(H2,31,33,34,36). The van der Waals surface area contributed by atoms with Crippen molar-refractivity contribution in [2.75, 3.05) is 5.32 Å². The first-order valence-electron chi connectivity index (χ1n) is 10.7. The molecule has 1 amide bonds. The molecule has 0 radical (unpaired) electrons. The second-order valence-electron chi connectivity index (χ2n) is 7.80. The van der Waals surface area contributed by atoms with Gasteiger partial charge in [0.25, 0.3) is 5.91 Å². The predicted molar refractivity (Wildman–Crippen MR) is 140 cm³/mol. The average molecular weight is 520 g/mol. The van der Waals surface area contributed by atoms with Crippen LogP contribution in [0.1, 0.15) is 10.4 Å². The third-order valence-electron chi connectivity index (χ3n) is 5.37. The number of hydrogen-bond acceptors (Lipinski definition) is 4. The molecule has 5 rings (SSSR count). The van der Waals surface area contributed by atoms with Gasteiger partial charge >= 0.3 is 0 Å². The molecule has 0 saturated heterocycles. The minimum atomic E-state index is -1.06. The zero-order valence-electron chi connectivity index (χ0n) is 18.4. The number of anilines is 1. The van der Waals surface area contributed by atoms with E-state index in [0.717, 1.165) is 23.3 Å². The maximum absolute atomic E-state index is 13.7. The van der Waals surface area contributed by atoms with E-state index in [4.69, 9.17) is 28.2 Å². The van der Waals surface area contributed by atoms with Gasteiger partial charge in [-0.1, -0.05) is 54.1 Å². The van der Waals surface area contributed by atoms with Crippen molar-refractivity contribution < 1.29 is 18.0 Å². The number of aromatic nitrogens is 1. The zero-order valence-corrected chi connectivity index (χ0v) is 20.0. The Hall–Kier alpha value is -4.14. The topological polar surface area (TPSA) is 67.2 Å². The van der Waals surface area contributed by atoms with E-state index in [0.29, 0.717) is 22.4 Å². The summed E-state index contributed by atoms with van der Waals surface area (Å²) >= 11 is 11.3. The van der Waals surface area contributed by atoms with Crippen LogP contribution >= 0.6 is 23.8 Å². The molecular formula is C27H16ClF2N3O2S. The Morgan fingerprint density at radius 2 is 1.58 bits per heavy atom. The number of hydrogen-bond donors (Lipinski definition) is 2. The number of fused-ring (bicyclic) bond motifs is 1. The Balaban J connectivity index is 1.27. The van der Waals surface area contributed by atoms with Crippen molar-refractivity contribution in [3.05, 3.63) is 107 Å². The number of amides is 1. The van der Waals surface area contributed by atoms with E-state index in [1.54, 1.807) is 30.3 Å². The minimum Gasteiger partial charge on any atom is -0.436 e. The van der Waals surface area contributed by atoms with Crippen LogP contribution in [0.2, 0.25) is 5.02 Å². The molecule has 0 saturated carbocycles. The molecule has 178 valence electrons. The zero-order chi connectivity index (χ0) is 25.2. The molecule has 0 aliphatic heterocycles. The van der Waals surface area contributed by atoms with Gasteiger partial charge in [-0.3, -0.25) is 10.1 Å². The number of oxazole rings is 1. The summed E-state index contributed by atoms with van der Waals surface area (Å²) in [6, 6.07) is 23.8. The lowest BCUT2D eigenvalue weighted by molar-refractivity contribution is 0.0977. The summed E-state index contributed by atoms with van der Waals surface area (Å²) in [6.07, 6.45) is 0. The molecule has 0 unspecified atom stereocenters. The van der Waals surface area contributed by atoms with E-state index in [1.807, 2.05) is 42.5 Å². The summed E-state index contributed by atoms with van der Waals surface area (Å²) in [5.74, 6) is -2.44. The van der Waals surface area contributed by atoms with Crippen molar-refractivity contribution in [3.63, 3.8) is 0 Å². The fourth-order valence-electron chi connectivity index (χ4n) is 3.59. The Bertz CT molecular complexity index is 1610. The van der Waals surface area contributed by atoms with Crippen molar-refractivity contribution in [2.24, 2.45) is 0 Å². The number of benzene rings is 4. The lowest BCUT2D eigenvalue weighted by Crippen LogP contribution is -2.34. The molecule has 2 N–H and O–H groups in total.